The van der Waals surface area contributed by atoms with E-state index in [4.69, 9.17) is 4.74 Å². The van der Waals surface area contributed by atoms with Gasteiger partial charge in [0.25, 0.3) is 0 Å². The Morgan fingerprint density at radius 1 is 1.12 bits per heavy atom. The minimum absolute atomic E-state index is 0.0882. The summed E-state index contributed by atoms with van der Waals surface area (Å²) in [4.78, 5) is 2.41. The van der Waals surface area contributed by atoms with E-state index in [2.05, 4.69) is 28.4 Å². The van der Waals surface area contributed by atoms with Crippen LogP contribution in [0.5, 0.6) is 5.75 Å². The summed E-state index contributed by atoms with van der Waals surface area (Å²) in [6.45, 7) is 9.12. The highest BCUT2D eigenvalue weighted by Gasteiger charge is 2.19. The molecule has 1 aliphatic heterocycles. The van der Waals surface area contributed by atoms with Gasteiger partial charge in [-0.25, -0.2) is 0 Å². The van der Waals surface area contributed by atoms with Gasteiger partial charge in [0.15, 0.2) is 0 Å². The number of nitrogens with zero attached hydrogens (tertiary/aromatic N) is 1. The first-order valence-electron chi connectivity index (χ1n) is 8.94. The van der Waals surface area contributed by atoms with Crippen molar-refractivity contribution < 1.29 is 9.84 Å². The summed E-state index contributed by atoms with van der Waals surface area (Å²) in [5.74, 6) is 0.802. The molecular formula is C20H28N2O2. The van der Waals surface area contributed by atoms with Gasteiger partial charge in [0.05, 0.1) is 12.2 Å². The summed E-state index contributed by atoms with van der Waals surface area (Å²) in [6.07, 6.45) is 0.299. The SMILES string of the molecule is CC(C)Oc1ccc2ccccc2c1C(O)CCN1CCNCC1. The molecule has 2 aromatic carbocycles. The van der Waals surface area contributed by atoms with E-state index >= 15 is 0 Å². The Kier molecular flexibility index (Phi) is 5.72. The topological polar surface area (TPSA) is 44.7 Å². The van der Waals surface area contributed by atoms with Crippen molar-refractivity contribution in [1.82, 2.24) is 10.2 Å². The van der Waals surface area contributed by atoms with E-state index in [0.717, 1.165) is 61.2 Å². The van der Waals surface area contributed by atoms with Gasteiger partial charge in [-0.15, -0.1) is 0 Å². The fourth-order valence-electron chi connectivity index (χ4n) is 3.36. The predicted octanol–water partition coefficient (Wildman–Crippen LogP) is 2.96. The summed E-state index contributed by atoms with van der Waals surface area (Å²) < 4.78 is 5.98. The van der Waals surface area contributed by atoms with E-state index in [-0.39, 0.29) is 6.10 Å². The second-order valence-electron chi connectivity index (χ2n) is 6.76. The first-order valence-corrected chi connectivity index (χ1v) is 8.94. The van der Waals surface area contributed by atoms with Crippen LogP contribution in [0.3, 0.4) is 0 Å². The summed E-state index contributed by atoms with van der Waals surface area (Å²) in [5, 5.41) is 16.5. The molecule has 0 bridgehead atoms. The monoisotopic (exact) mass is 328 g/mol. The van der Waals surface area contributed by atoms with E-state index in [9.17, 15) is 5.11 Å². The number of nitrogens with one attached hydrogen (secondary N) is 1. The van der Waals surface area contributed by atoms with Crippen LogP contribution in [0, 0.1) is 0 Å². The lowest BCUT2D eigenvalue weighted by atomic mass is 9.97. The summed E-state index contributed by atoms with van der Waals surface area (Å²) >= 11 is 0. The number of hydrogen-bond acceptors (Lipinski definition) is 4. The molecule has 0 radical (unpaired) electrons. The molecule has 1 heterocycles. The average Bonchev–Trinajstić information content (AvgIpc) is 2.60. The van der Waals surface area contributed by atoms with Crippen molar-refractivity contribution in [2.75, 3.05) is 32.7 Å². The standard InChI is InChI=1S/C20H28N2O2/c1-15(2)24-19-8-7-16-5-3-4-6-17(16)20(19)18(23)9-12-22-13-10-21-11-14-22/h3-8,15,18,21,23H,9-14H2,1-2H3. The average molecular weight is 328 g/mol. The van der Waals surface area contributed by atoms with Crippen LogP contribution in [0.25, 0.3) is 10.8 Å². The molecular weight excluding hydrogens is 300 g/mol. The van der Waals surface area contributed by atoms with E-state index < -0.39 is 6.10 Å². The molecule has 130 valence electrons. The number of rotatable bonds is 6. The second-order valence-corrected chi connectivity index (χ2v) is 6.76. The Morgan fingerprint density at radius 2 is 1.88 bits per heavy atom. The van der Waals surface area contributed by atoms with Gasteiger partial charge in [0.2, 0.25) is 0 Å². The van der Waals surface area contributed by atoms with Crippen LogP contribution >= 0.6 is 0 Å². The smallest absolute Gasteiger partial charge is 0.126 e. The van der Waals surface area contributed by atoms with Gasteiger partial charge in [0.1, 0.15) is 5.75 Å². The van der Waals surface area contributed by atoms with Crippen molar-refractivity contribution in [3.05, 3.63) is 42.0 Å². The van der Waals surface area contributed by atoms with Crippen molar-refractivity contribution in [2.24, 2.45) is 0 Å². The zero-order chi connectivity index (χ0) is 16.9. The summed E-state index contributed by atoms with van der Waals surface area (Å²) in [7, 11) is 0. The minimum atomic E-state index is -0.514. The van der Waals surface area contributed by atoms with E-state index in [1.807, 2.05) is 32.0 Å². The fourth-order valence-corrected chi connectivity index (χ4v) is 3.36. The lowest BCUT2D eigenvalue weighted by Gasteiger charge is -2.28. The fraction of sp³-hybridized carbons (Fsp3) is 0.500. The van der Waals surface area contributed by atoms with Gasteiger partial charge in [-0.05, 0) is 37.1 Å². The Balaban J connectivity index is 1.84. The van der Waals surface area contributed by atoms with Gasteiger partial charge < -0.3 is 20.1 Å². The number of aliphatic hydroxyl groups excluding tert-OH is 1. The molecule has 0 spiro atoms. The maximum atomic E-state index is 10.9. The molecule has 3 rings (SSSR count). The highest BCUT2D eigenvalue weighted by Crippen LogP contribution is 2.35. The maximum absolute atomic E-state index is 10.9. The molecule has 0 aliphatic carbocycles. The minimum Gasteiger partial charge on any atom is -0.491 e. The number of piperazine rings is 1. The normalized spacial score (nSPS) is 17.3. The zero-order valence-electron chi connectivity index (χ0n) is 14.7. The number of hydrogen-bond donors (Lipinski definition) is 2. The molecule has 24 heavy (non-hydrogen) atoms. The molecule has 0 aromatic heterocycles. The second kappa shape index (κ2) is 7.97. The van der Waals surface area contributed by atoms with Crippen molar-refractivity contribution >= 4 is 10.8 Å². The number of fused-ring (bicyclic) bond motifs is 1. The van der Waals surface area contributed by atoms with Gasteiger partial charge in [-0.1, -0.05) is 30.3 Å². The van der Waals surface area contributed by atoms with Crippen LogP contribution in [0.4, 0.5) is 0 Å². The largest absolute Gasteiger partial charge is 0.491 e. The Labute approximate surface area is 144 Å². The van der Waals surface area contributed by atoms with E-state index in [1.54, 1.807) is 0 Å². The summed E-state index contributed by atoms with van der Waals surface area (Å²) in [6, 6.07) is 12.3. The number of aliphatic hydroxyl groups is 1. The molecule has 1 unspecified atom stereocenters. The maximum Gasteiger partial charge on any atom is 0.126 e. The quantitative estimate of drug-likeness (QED) is 0.856. The van der Waals surface area contributed by atoms with Crippen molar-refractivity contribution in [3.63, 3.8) is 0 Å². The predicted molar refractivity (Wildman–Crippen MR) is 98.6 cm³/mol. The van der Waals surface area contributed by atoms with Crippen LogP contribution in [0.1, 0.15) is 31.9 Å². The van der Waals surface area contributed by atoms with Crippen LogP contribution in [0.15, 0.2) is 36.4 Å². The third-order valence-electron chi connectivity index (χ3n) is 4.55. The Hall–Kier alpha value is -1.62. The molecule has 2 N–H and O–H groups in total. The van der Waals surface area contributed by atoms with Crippen LogP contribution in [-0.4, -0.2) is 48.8 Å². The highest BCUT2D eigenvalue weighted by atomic mass is 16.5. The molecule has 1 atom stereocenters. The van der Waals surface area contributed by atoms with Crippen molar-refractivity contribution in [2.45, 2.75) is 32.5 Å². The lowest BCUT2D eigenvalue weighted by molar-refractivity contribution is 0.132. The van der Waals surface area contributed by atoms with Gasteiger partial charge in [-0.2, -0.15) is 0 Å². The highest BCUT2D eigenvalue weighted by molar-refractivity contribution is 5.88. The van der Waals surface area contributed by atoms with Gasteiger partial charge in [0, 0.05) is 38.3 Å². The van der Waals surface area contributed by atoms with E-state index in [1.165, 1.54) is 0 Å². The first kappa shape index (κ1) is 17.2. The van der Waals surface area contributed by atoms with Crippen molar-refractivity contribution in [1.29, 1.82) is 0 Å². The molecule has 1 aliphatic rings. The molecule has 1 fully saturated rings. The lowest BCUT2D eigenvalue weighted by Crippen LogP contribution is -2.44. The van der Waals surface area contributed by atoms with Crippen molar-refractivity contribution in [3.8, 4) is 5.75 Å². The van der Waals surface area contributed by atoms with E-state index in [0.29, 0.717) is 0 Å². The van der Waals surface area contributed by atoms with Crippen LogP contribution in [-0.2, 0) is 0 Å². The first-order chi connectivity index (χ1) is 11.6. The number of ether oxygens (including phenoxy) is 1. The molecule has 0 amide bonds. The van der Waals surface area contributed by atoms with Crippen LogP contribution in [0.2, 0.25) is 0 Å². The molecule has 4 heteroatoms. The molecule has 2 aromatic rings. The third kappa shape index (κ3) is 4.07. The molecule has 1 saturated heterocycles. The summed E-state index contributed by atoms with van der Waals surface area (Å²) in [5.41, 5.74) is 0.928. The Morgan fingerprint density at radius 3 is 2.62 bits per heavy atom. The number of benzene rings is 2. The zero-order valence-corrected chi connectivity index (χ0v) is 14.7. The Bertz CT molecular complexity index is 666. The third-order valence-corrected chi connectivity index (χ3v) is 4.55. The molecule has 4 nitrogen and oxygen atoms in total. The molecule has 0 saturated carbocycles. The van der Waals surface area contributed by atoms with Gasteiger partial charge >= 0.3 is 0 Å². The van der Waals surface area contributed by atoms with Crippen LogP contribution < -0.4 is 10.1 Å². The van der Waals surface area contributed by atoms with Gasteiger partial charge in [-0.3, -0.25) is 0 Å².